The highest BCUT2D eigenvalue weighted by atomic mass is 16.2. The highest BCUT2D eigenvalue weighted by molar-refractivity contribution is 6.03. The molecule has 1 aliphatic heterocycles. The Morgan fingerprint density at radius 3 is 2.46 bits per heavy atom. The van der Waals surface area contributed by atoms with E-state index in [0.29, 0.717) is 5.96 Å². The van der Waals surface area contributed by atoms with Crippen molar-refractivity contribution in [3.8, 4) is 0 Å². The molecule has 2 fully saturated rings. The van der Waals surface area contributed by atoms with Gasteiger partial charge in [-0.3, -0.25) is 9.69 Å². The maximum absolute atomic E-state index is 11.7. The summed E-state index contributed by atoms with van der Waals surface area (Å²) in [5.74, 6) is 2.20. The first-order valence-electron chi connectivity index (χ1n) is 11.9. The molecule has 0 bridgehead atoms. The van der Waals surface area contributed by atoms with Crippen molar-refractivity contribution in [3.63, 3.8) is 0 Å². The molecular formula is C23H44N4O. The van der Waals surface area contributed by atoms with Crippen LogP contribution in [0.2, 0.25) is 0 Å². The number of aliphatic imine (C=N–C) groups is 1. The maximum Gasteiger partial charge on any atom is 0.253 e. The smallest absolute Gasteiger partial charge is 0.253 e. The second-order valence-corrected chi connectivity index (χ2v) is 9.26. The molecule has 2 saturated carbocycles. The lowest BCUT2D eigenvalue weighted by Crippen LogP contribution is -2.35. The molecular weight excluding hydrogens is 348 g/mol. The van der Waals surface area contributed by atoms with Crippen LogP contribution in [0.5, 0.6) is 0 Å². The third-order valence-corrected chi connectivity index (χ3v) is 6.72. The fraction of sp³-hybridized carbons (Fsp3) is 0.913. The Morgan fingerprint density at radius 1 is 1.11 bits per heavy atom. The lowest BCUT2D eigenvalue weighted by Gasteiger charge is -2.27. The molecule has 3 aliphatic rings. The van der Waals surface area contributed by atoms with Crippen LogP contribution in [0.4, 0.5) is 0 Å². The van der Waals surface area contributed by atoms with Crippen molar-refractivity contribution in [3.05, 3.63) is 0 Å². The van der Waals surface area contributed by atoms with Gasteiger partial charge in [0.2, 0.25) is 0 Å². The van der Waals surface area contributed by atoms with E-state index in [4.69, 9.17) is 5.73 Å². The first-order chi connectivity index (χ1) is 13.5. The van der Waals surface area contributed by atoms with Gasteiger partial charge in [0.25, 0.3) is 5.91 Å². The van der Waals surface area contributed by atoms with Gasteiger partial charge >= 0.3 is 0 Å². The van der Waals surface area contributed by atoms with Gasteiger partial charge in [-0.1, -0.05) is 65.2 Å². The van der Waals surface area contributed by atoms with Crippen LogP contribution in [0.25, 0.3) is 0 Å². The van der Waals surface area contributed by atoms with Crippen LogP contribution in [-0.2, 0) is 4.79 Å². The molecule has 3 unspecified atom stereocenters. The summed E-state index contributed by atoms with van der Waals surface area (Å²) in [5.41, 5.74) is 5.62. The Labute approximate surface area is 172 Å². The van der Waals surface area contributed by atoms with E-state index in [-0.39, 0.29) is 11.9 Å². The fourth-order valence-electron chi connectivity index (χ4n) is 4.80. The quantitative estimate of drug-likeness (QED) is 0.629. The number of carbonyl (C=O) groups is 1. The van der Waals surface area contributed by atoms with E-state index in [0.717, 1.165) is 30.7 Å². The Kier molecular flexibility index (Phi) is 10.3. The Morgan fingerprint density at radius 2 is 1.86 bits per heavy atom. The van der Waals surface area contributed by atoms with E-state index in [2.05, 4.69) is 24.2 Å². The van der Waals surface area contributed by atoms with Gasteiger partial charge in [-0.25, -0.2) is 4.99 Å². The van der Waals surface area contributed by atoms with Crippen molar-refractivity contribution < 1.29 is 4.79 Å². The number of unbranched alkanes of at least 4 members (excludes halogenated alkanes) is 1. The van der Waals surface area contributed by atoms with Gasteiger partial charge in [0, 0.05) is 13.1 Å². The van der Waals surface area contributed by atoms with Crippen molar-refractivity contribution in [1.29, 1.82) is 0 Å². The van der Waals surface area contributed by atoms with Crippen LogP contribution in [0.1, 0.15) is 97.3 Å². The number of nitrogens with two attached hydrogens (primary N) is 1. The molecule has 3 rings (SSSR count). The second-order valence-electron chi connectivity index (χ2n) is 9.26. The molecule has 2 aliphatic carbocycles. The van der Waals surface area contributed by atoms with Gasteiger partial charge in [-0.2, -0.15) is 0 Å². The SMILES string of the molecule is CCCCNC1CCCC(C)C1.CN1C(=O)C(CCC2CCCCC2)N=C1N. The molecule has 28 heavy (non-hydrogen) atoms. The van der Waals surface area contributed by atoms with E-state index in [1.807, 2.05) is 0 Å². The summed E-state index contributed by atoms with van der Waals surface area (Å²) < 4.78 is 0. The first-order valence-corrected chi connectivity index (χ1v) is 11.9. The average molecular weight is 393 g/mol. The number of nitrogens with zero attached hydrogens (tertiary/aromatic N) is 2. The lowest BCUT2D eigenvalue weighted by molar-refractivity contribution is -0.126. The van der Waals surface area contributed by atoms with Crippen molar-refractivity contribution in [2.24, 2.45) is 22.6 Å². The van der Waals surface area contributed by atoms with Crippen molar-refractivity contribution in [2.45, 2.75) is 109 Å². The van der Waals surface area contributed by atoms with Crippen LogP contribution >= 0.6 is 0 Å². The molecule has 162 valence electrons. The molecule has 3 N–H and O–H groups in total. The fourth-order valence-corrected chi connectivity index (χ4v) is 4.80. The van der Waals surface area contributed by atoms with Gasteiger partial charge < -0.3 is 11.1 Å². The molecule has 0 aromatic heterocycles. The Balaban J connectivity index is 0.000000209. The molecule has 3 atom stereocenters. The number of guanidine groups is 1. The number of hydrogen-bond donors (Lipinski definition) is 2. The number of nitrogens with one attached hydrogen (secondary N) is 1. The van der Waals surface area contributed by atoms with Crippen molar-refractivity contribution >= 4 is 11.9 Å². The van der Waals surface area contributed by atoms with Crippen LogP contribution in [-0.4, -0.2) is 42.4 Å². The number of likely N-dealkylation sites (N-methyl/N-ethyl adjacent to an activating group) is 1. The van der Waals surface area contributed by atoms with Gasteiger partial charge in [0.15, 0.2) is 5.96 Å². The molecule has 5 heteroatoms. The molecule has 0 saturated heterocycles. The largest absolute Gasteiger partial charge is 0.369 e. The standard InChI is InChI=1S/C12H21N3O.C11H23N/c1-15-11(16)10(14-12(15)13)8-7-9-5-3-2-4-6-9;1-3-4-8-12-11-7-5-6-10(2)9-11/h9-10H,2-8H2,1H3,(H2,13,14);10-12H,3-9H2,1-2H3. The highest BCUT2D eigenvalue weighted by Gasteiger charge is 2.30. The summed E-state index contributed by atoms with van der Waals surface area (Å²) in [6.45, 7) is 5.87. The molecule has 0 spiro atoms. The van der Waals surface area contributed by atoms with Gasteiger partial charge in [0.1, 0.15) is 6.04 Å². The van der Waals surface area contributed by atoms with E-state index < -0.39 is 0 Å². The van der Waals surface area contributed by atoms with Crippen molar-refractivity contribution in [2.75, 3.05) is 13.6 Å². The summed E-state index contributed by atoms with van der Waals surface area (Å²) >= 11 is 0. The zero-order chi connectivity index (χ0) is 20.4. The Bertz CT molecular complexity index is 487. The summed E-state index contributed by atoms with van der Waals surface area (Å²) in [7, 11) is 1.70. The second kappa shape index (κ2) is 12.5. The highest BCUT2D eigenvalue weighted by Crippen LogP contribution is 2.29. The first kappa shape index (κ1) is 23.2. The van der Waals surface area contributed by atoms with Gasteiger partial charge in [-0.05, 0) is 50.5 Å². The number of rotatable bonds is 7. The molecule has 0 aromatic carbocycles. The minimum atomic E-state index is -0.202. The summed E-state index contributed by atoms with van der Waals surface area (Å²) in [5, 5.41) is 3.65. The molecule has 1 amide bonds. The number of carbonyl (C=O) groups excluding carboxylic acids is 1. The van der Waals surface area contributed by atoms with E-state index in [1.165, 1.54) is 82.1 Å². The van der Waals surface area contributed by atoms with E-state index >= 15 is 0 Å². The third-order valence-electron chi connectivity index (χ3n) is 6.72. The summed E-state index contributed by atoms with van der Waals surface area (Å²) in [6, 6.07) is 0.632. The lowest BCUT2D eigenvalue weighted by atomic mass is 9.85. The zero-order valence-electron chi connectivity index (χ0n) is 18.6. The monoisotopic (exact) mass is 392 g/mol. The number of hydrogen-bond acceptors (Lipinski definition) is 4. The predicted molar refractivity (Wildman–Crippen MR) is 118 cm³/mol. The van der Waals surface area contributed by atoms with E-state index in [1.54, 1.807) is 7.05 Å². The van der Waals surface area contributed by atoms with Crippen LogP contribution in [0, 0.1) is 11.8 Å². The maximum atomic E-state index is 11.7. The minimum Gasteiger partial charge on any atom is -0.369 e. The molecule has 5 nitrogen and oxygen atoms in total. The van der Waals surface area contributed by atoms with Crippen molar-refractivity contribution in [1.82, 2.24) is 10.2 Å². The molecule has 0 radical (unpaired) electrons. The average Bonchev–Trinajstić information content (AvgIpc) is 2.95. The summed E-state index contributed by atoms with van der Waals surface area (Å²) in [4.78, 5) is 17.4. The van der Waals surface area contributed by atoms with Gasteiger partial charge in [0.05, 0.1) is 0 Å². The van der Waals surface area contributed by atoms with Crippen LogP contribution in [0.15, 0.2) is 4.99 Å². The topological polar surface area (TPSA) is 70.7 Å². The van der Waals surface area contributed by atoms with Crippen LogP contribution < -0.4 is 11.1 Å². The van der Waals surface area contributed by atoms with E-state index in [9.17, 15) is 4.79 Å². The summed E-state index contributed by atoms with van der Waals surface area (Å²) in [6.07, 6.45) is 17.1. The minimum absolute atomic E-state index is 0.0632. The molecule has 0 aromatic rings. The zero-order valence-corrected chi connectivity index (χ0v) is 18.6. The molecule has 1 heterocycles. The van der Waals surface area contributed by atoms with Gasteiger partial charge in [-0.15, -0.1) is 0 Å². The number of amides is 1. The Hall–Kier alpha value is -1.10. The van der Waals surface area contributed by atoms with Crippen LogP contribution in [0.3, 0.4) is 0 Å². The normalized spacial score (nSPS) is 28.7. The predicted octanol–water partition coefficient (Wildman–Crippen LogP) is 4.46. The third kappa shape index (κ3) is 7.73.